The third kappa shape index (κ3) is 6.85. The summed E-state index contributed by atoms with van der Waals surface area (Å²) in [5.41, 5.74) is 18.0. The molecule has 1 atom stereocenters. The Bertz CT molecular complexity index is 1240. The molecule has 0 saturated heterocycles. The van der Waals surface area contributed by atoms with Crippen molar-refractivity contribution < 1.29 is 0 Å². The fourth-order valence-corrected chi connectivity index (χ4v) is 4.34. The van der Waals surface area contributed by atoms with Crippen molar-refractivity contribution in [2.75, 3.05) is 0 Å². The van der Waals surface area contributed by atoms with Crippen molar-refractivity contribution in [1.82, 2.24) is 9.88 Å². The maximum atomic E-state index is 6.69. The van der Waals surface area contributed by atoms with E-state index in [9.17, 15) is 0 Å². The Hall–Kier alpha value is -3.86. The highest BCUT2D eigenvalue weighted by Gasteiger charge is 2.18. The van der Waals surface area contributed by atoms with Crippen LogP contribution >= 0.6 is 0 Å². The lowest BCUT2D eigenvalue weighted by molar-refractivity contribution is 0.435. The summed E-state index contributed by atoms with van der Waals surface area (Å²) < 4.78 is 0. The first kappa shape index (κ1) is 26.7. The molecule has 36 heavy (non-hydrogen) atoms. The summed E-state index contributed by atoms with van der Waals surface area (Å²) in [4.78, 5) is 11.1. The number of allylic oxidation sites excluding steroid dienone is 6. The third-order valence-corrected chi connectivity index (χ3v) is 6.48. The van der Waals surface area contributed by atoms with E-state index in [-0.39, 0.29) is 0 Å². The topological polar surface area (TPSA) is 80.5 Å². The van der Waals surface area contributed by atoms with Gasteiger partial charge in [-0.1, -0.05) is 88.3 Å². The van der Waals surface area contributed by atoms with Gasteiger partial charge in [-0.2, -0.15) is 0 Å². The summed E-state index contributed by atoms with van der Waals surface area (Å²) in [7, 11) is 0. The molecule has 2 aromatic rings. The molecule has 1 aliphatic rings. The van der Waals surface area contributed by atoms with E-state index < -0.39 is 0 Å². The Kier molecular flexibility index (Phi) is 9.87. The predicted octanol–water partition coefficient (Wildman–Crippen LogP) is 7.27. The lowest BCUT2D eigenvalue weighted by Gasteiger charge is -2.24. The minimum atomic E-state index is 0.395. The van der Waals surface area contributed by atoms with Gasteiger partial charge in [-0.05, 0) is 43.4 Å². The van der Waals surface area contributed by atoms with Gasteiger partial charge in [0.25, 0.3) is 0 Å². The van der Waals surface area contributed by atoms with E-state index in [1.807, 2.05) is 66.7 Å². The van der Waals surface area contributed by atoms with Crippen LogP contribution in [0, 0.1) is 5.92 Å². The largest absolute Gasteiger partial charge is 0.396 e. The molecule has 1 unspecified atom stereocenters. The standard InChI is InChI=1S/C31H39N5/c1-5-8-9-13-23(4)27-18-17-25-15-16-26(22-28(25)35-27)29(32)30-31(33)34-19-21-36(30)20-11-10-14-24(7-3)12-6-2/h5,8-9,11,13,15-22,24H,1,6-7,10,12,14,32H2,2-4H3,(H2,33,34)/b9-8-,20-11+,23-13+,30-29-. The molecule has 0 amide bonds. The van der Waals surface area contributed by atoms with E-state index in [0.29, 0.717) is 17.2 Å². The van der Waals surface area contributed by atoms with E-state index in [4.69, 9.17) is 16.5 Å². The maximum absolute atomic E-state index is 6.69. The zero-order valence-electron chi connectivity index (χ0n) is 21.8. The van der Waals surface area contributed by atoms with Crippen molar-refractivity contribution in [3.8, 4) is 0 Å². The van der Waals surface area contributed by atoms with Crippen LogP contribution in [0.3, 0.4) is 0 Å². The van der Waals surface area contributed by atoms with Crippen molar-refractivity contribution in [2.45, 2.75) is 52.9 Å². The number of pyridine rings is 1. The van der Waals surface area contributed by atoms with E-state index in [1.165, 1.54) is 25.7 Å². The molecule has 0 bridgehead atoms. The molecule has 188 valence electrons. The second-order valence-corrected chi connectivity index (χ2v) is 9.08. The van der Waals surface area contributed by atoms with Crippen LogP contribution in [0.2, 0.25) is 0 Å². The number of hydrogen-bond donors (Lipinski definition) is 2. The lowest BCUT2D eigenvalue weighted by atomic mass is 9.95. The van der Waals surface area contributed by atoms with Gasteiger partial charge in [-0.15, -0.1) is 0 Å². The fraction of sp³-hybridized carbons (Fsp3) is 0.290. The minimum Gasteiger partial charge on any atom is -0.396 e. The quantitative estimate of drug-likeness (QED) is 0.331. The number of amidine groups is 1. The molecule has 0 fully saturated rings. The van der Waals surface area contributed by atoms with Gasteiger partial charge in [-0.25, -0.2) is 9.98 Å². The summed E-state index contributed by atoms with van der Waals surface area (Å²) in [5, 5.41) is 1.05. The van der Waals surface area contributed by atoms with Crippen LogP contribution in [-0.2, 0) is 0 Å². The number of nitrogens with two attached hydrogens (primary N) is 2. The maximum Gasteiger partial charge on any atom is 0.149 e. The molecular formula is C31H39N5. The van der Waals surface area contributed by atoms with Gasteiger partial charge in [0.05, 0.1) is 16.9 Å². The average Bonchev–Trinajstić information content (AvgIpc) is 2.89. The monoisotopic (exact) mass is 481 g/mol. The Labute approximate surface area is 216 Å². The molecule has 0 aliphatic carbocycles. The van der Waals surface area contributed by atoms with Gasteiger partial charge < -0.3 is 16.4 Å². The summed E-state index contributed by atoms with van der Waals surface area (Å²) >= 11 is 0. The summed E-state index contributed by atoms with van der Waals surface area (Å²) in [5.74, 6) is 1.17. The number of benzene rings is 1. The molecule has 1 aliphatic heterocycles. The molecule has 4 N–H and O–H groups in total. The number of fused-ring (bicyclic) bond motifs is 1. The van der Waals surface area contributed by atoms with Crippen LogP contribution in [-0.4, -0.2) is 15.7 Å². The number of nitrogens with zero attached hydrogens (tertiary/aromatic N) is 3. The Balaban J connectivity index is 1.89. The van der Waals surface area contributed by atoms with Crippen LogP contribution in [0.15, 0.2) is 96.6 Å². The van der Waals surface area contributed by atoms with Gasteiger partial charge in [0.1, 0.15) is 11.5 Å². The highest BCUT2D eigenvalue weighted by molar-refractivity contribution is 6.04. The second-order valence-electron chi connectivity index (χ2n) is 9.08. The molecule has 0 saturated carbocycles. The molecule has 5 nitrogen and oxygen atoms in total. The first-order chi connectivity index (χ1) is 17.5. The summed E-state index contributed by atoms with van der Waals surface area (Å²) in [6.45, 7) is 10.3. The Morgan fingerprint density at radius 2 is 1.94 bits per heavy atom. The normalized spacial score (nSPS) is 16.7. The SMILES string of the molecule is C=C/C=C\C=C(/C)c1ccc2ccc(/C(N)=C3\C(N)=NC=CN3/C=C/CCC(CC)CCC)cc2n1. The van der Waals surface area contributed by atoms with Crippen LogP contribution in [0.25, 0.3) is 22.2 Å². The first-order valence-corrected chi connectivity index (χ1v) is 12.8. The average molecular weight is 482 g/mol. The van der Waals surface area contributed by atoms with Crippen molar-refractivity contribution in [1.29, 1.82) is 0 Å². The van der Waals surface area contributed by atoms with Crippen LogP contribution in [0.5, 0.6) is 0 Å². The molecular weight excluding hydrogens is 442 g/mol. The Morgan fingerprint density at radius 1 is 1.14 bits per heavy atom. The number of rotatable bonds is 11. The molecule has 0 radical (unpaired) electrons. The molecule has 2 heterocycles. The molecule has 5 heteroatoms. The first-order valence-electron chi connectivity index (χ1n) is 12.8. The van der Waals surface area contributed by atoms with Gasteiger partial charge in [0, 0.05) is 29.5 Å². The minimum absolute atomic E-state index is 0.395. The summed E-state index contributed by atoms with van der Waals surface area (Å²) in [6.07, 6.45) is 21.4. The number of aliphatic imine (C=N–C) groups is 1. The number of aromatic nitrogens is 1. The van der Waals surface area contributed by atoms with E-state index >= 15 is 0 Å². The van der Waals surface area contributed by atoms with E-state index in [1.54, 1.807) is 12.3 Å². The smallest absolute Gasteiger partial charge is 0.149 e. The number of hydrogen-bond acceptors (Lipinski definition) is 5. The molecule has 3 rings (SSSR count). The highest BCUT2D eigenvalue weighted by atomic mass is 15.2. The summed E-state index contributed by atoms with van der Waals surface area (Å²) in [6, 6.07) is 10.2. The Morgan fingerprint density at radius 3 is 2.69 bits per heavy atom. The van der Waals surface area contributed by atoms with E-state index in [0.717, 1.165) is 40.1 Å². The van der Waals surface area contributed by atoms with Crippen LogP contribution < -0.4 is 11.5 Å². The molecule has 1 aromatic carbocycles. The van der Waals surface area contributed by atoms with Crippen LogP contribution in [0.4, 0.5) is 0 Å². The molecule has 0 spiro atoms. The van der Waals surface area contributed by atoms with Gasteiger partial charge in [0.15, 0.2) is 0 Å². The third-order valence-electron chi connectivity index (χ3n) is 6.48. The van der Waals surface area contributed by atoms with Crippen molar-refractivity contribution in [3.05, 3.63) is 103 Å². The fourth-order valence-electron chi connectivity index (χ4n) is 4.34. The van der Waals surface area contributed by atoms with E-state index in [2.05, 4.69) is 37.6 Å². The highest BCUT2D eigenvalue weighted by Crippen LogP contribution is 2.25. The van der Waals surface area contributed by atoms with Crippen LogP contribution in [0.1, 0.15) is 64.1 Å². The van der Waals surface area contributed by atoms with Gasteiger partial charge in [0.2, 0.25) is 0 Å². The predicted molar refractivity (Wildman–Crippen MR) is 156 cm³/mol. The van der Waals surface area contributed by atoms with Gasteiger partial charge >= 0.3 is 0 Å². The van der Waals surface area contributed by atoms with Gasteiger partial charge in [-0.3, -0.25) is 0 Å². The zero-order valence-corrected chi connectivity index (χ0v) is 21.8. The second kappa shape index (κ2) is 13.3. The zero-order chi connectivity index (χ0) is 25.9. The van der Waals surface area contributed by atoms with Crippen molar-refractivity contribution >= 4 is 28.0 Å². The van der Waals surface area contributed by atoms with Crippen molar-refractivity contribution in [2.24, 2.45) is 22.4 Å². The van der Waals surface area contributed by atoms with Crippen molar-refractivity contribution in [3.63, 3.8) is 0 Å². The lowest BCUT2D eigenvalue weighted by Crippen LogP contribution is -2.29. The molecule has 1 aromatic heterocycles.